The molecule has 4 rings (SSSR count). The molecule has 0 spiro atoms. The fourth-order valence-electron chi connectivity index (χ4n) is 5.11. The van der Waals surface area contributed by atoms with E-state index >= 15 is 0 Å². The lowest BCUT2D eigenvalue weighted by Crippen LogP contribution is -2.25. The third kappa shape index (κ3) is 5.79. The highest BCUT2D eigenvalue weighted by molar-refractivity contribution is 5.65. The lowest BCUT2D eigenvalue weighted by molar-refractivity contribution is -0.189. The maximum absolute atomic E-state index is 15.0. The van der Waals surface area contributed by atoms with Crippen molar-refractivity contribution >= 4 is 0 Å². The molecule has 0 aliphatic heterocycles. The second-order valence-electron chi connectivity index (χ2n) is 9.63. The largest absolute Gasteiger partial charge is 0.491 e. The molecule has 204 valence electrons. The molecule has 3 aromatic rings. The van der Waals surface area contributed by atoms with Crippen molar-refractivity contribution in [1.82, 2.24) is 0 Å². The third-order valence-electron chi connectivity index (χ3n) is 7.30. The Morgan fingerprint density at radius 1 is 0.737 bits per heavy atom. The lowest BCUT2D eigenvalue weighted by Gasteiger charge is -2.20. The van der Waals surface area contributed by atoms with Crippen molar-refractivity contribution in [1.29, 1.82) is 0 Å². The van der Waals surface area contributed by atoms with Gasteiger partial charge in [-0.3, -0.25) is 0 Å². The van der Waals surface area contributed by atoms with E-state index in [0.29, 0.717) is 17.5 Å². The standard InChI is InChI=1S/C30H30F6O2/c1-3-18-6-5-7-19(9-8-18)20-10-12-21(13-11-20)22-14-15-23(27(32)26(22)31)30(35,36)38-25-17-16-24(37-4-2)28(33)29(25)34/h10-19H,3-9H2,1-2H3. The Morgan fingerprint density at radius 2 is 1.42 bits per heavy atom. The number of hydrogen-bond donors (Lipinski definition) is 0. The number of halogens is 6. The van der Waals surface area contributed by atoms with E-state index in [-0.39, 0.29) is 12.2 Å². The molecule has 38 heavy (non-hydrogen) atoms. The van der Waals surface area contributed by atoms with Crippen LogP contribution in [-0.2, 0) is 6.11 Å². The van der Waals surface area contributed by atoms with Crippen LogP contribution in [0.1, 0.15) is 69.4 Å². The van der Waals surface area contributed by atoms with Gasteiger partial charge in [0, 0.05) is 5.56 Å². The van der Waals surface area contributed by atoms with Gasteiger partial charge in [0.1, 0.15) is 5.56 Å². The zero-order chi connectivity index (χ0) is 27.4. The summed E-state index contributed by atoms with van der Waals surface area (Å²) in [5.41, 5.74) is -0.181. The van der Waals surface area contributed by atoms with Crippen molar-refractivity contribution in [3.63, 3.8) is 0 Å². The van der Waals surface area contributed by atoms with Gasteiger partial charge in [0.05, 0.1) is 6.61 Å². The normalized spacial score (nSPS) is 18.2. The molecule has 0 N–H and O–H groups in total. The van der Waals surface area contributed by atoms with Crippen LogP contribution >= 0.6 is 0 Å². The van der Waals surface area contributed by atoms with Gasteiger partial charge in [0.15, 0.2) is 23.1 Å². The maximum atomic E-state index is 15.0. The predicted molar refractivity (Wildman–Crippen MR) is 133 cm³/mol. The van der Waals surface area contributed by atoms with Crippen LogP contribution in [0.2, 0.25) is 0 Å². The second kappa shape index (κ2) is 11.7. The van der Waals surface area contributed by atoms with E-state index in [1.807, 2.05) is 12.1 Å². The first kappa shape index (κ1) is 27.9. The van der Waals surface area contributed by atoms with Gasteiger partial charge in [0.25, 0.3) is 0 Å². The van der Waals surface area contributed by atoms with Gasteiger partial charge in [-0.05, 0) is 67.3 Å². The smallest absolute Gasteiger partial charge is 0.429 e. The van der Waals surface area contributed by atoms with Crippen molar-refractivity contribution in [3.05, 3.63) is 82.9 Å². The molecule has 0 saturated heterocycles. The molecule has 1 aliphatic rings. The topological polar surface area (TPSA) is 18.5 Å². The molecule has 1 aliphatic carbocycles. The van der Waals surface area contributed by atoms with Crippen LogP contribution in [0.4, 0.5) is 26.3 Å². The fraction of sp³-hybridized carbons (Fsp3) is 0.400. The van der Waals surface area contributed by atoms with E-state index < -0.39 is 46.4 Å². The zero-order valence-corrected chi connectivity index (χ0v) is 21.3. The fourth-order valence-corrected chi connectivity index (χ4v) is 5.11. The summed E-state index contributed by atoms with van der Waals surface area (Å²) in [5, 5.41) is 0. The number of ether oxygens (including phenoxy) is 2. The van der Waals surface area contributed by atoms with Gasteiger partial charge >= 0.3 is 6.11 Å². The van der Waals surface area contributed by atoms with Crippen molar-refractivity contribution in [2.24, 2.45) is 5.92 Å². The highest BCUT2D eigenvalue weighted by atomic mass is 19.3. The quantitative estimate of drug-likeness (QED) is 0.211. The van der Waals surface area contributed by atoms with Gasteiger partial charge in [-0.15, -0.1) is 0 Å². The van der Waals surface area contributed by atoms with Gasteiger partial charge in [-0.2, -0.15) is 17.6 Å². The van der Waals surface area contributed by atoms with Gasteiger partial charge in [-0.1, -0.05) is 56.5 Å². The van der Waals surface area contributed by atoms with E-state index in [1.165, 1.54) is 19.8 Å². The van der Waals surface area contributed by atoms with Crippen LogP contribution in [0.25, 0.3) is 11.1 Å². The molecule has 1 fully saturated rings. The molecule has 2 nitrogen and oxygen atoms in total. The molecular formula is C30H30F6O2. The number of alkyl halides is 2. The molecule has 2 atom stereocenters. The number of benzene rings is 3. The summed E-state index contributed by atoms with van der Waals surface area (Å²) in [6.45, 7) is 3.76. The zero-order valence-electron chi connectivity index (χ0n) is 21.3. The van der Waals surface area contributed by atoms with Crippen LogP contribution in [0.5, 0.6) is 11.5 Å². The Balaban J connectivity index is 1.55. The molecule has 3 aromatic carbocycles. The SMILES string of the molecule is CCOc1ccc(OC(F)(F)c2ccc(-c3ccc(C4CCCC(CC)CC4)cc3)c(F)c2F)c(F)c1F. The summed E-state index contributed by atoms with van der Waals surface area (Å²) in [5.74, 6) is -7.10. The Labute approximate surface area is 218 Å². The van der Waals surface area contributed by atoms with E-state index in [9.17, 15) is 26.3 Å². The molecule has 2 unspecified atom stereocenters. The molecule has 0 heterocycles. The molecule has 0 aromatic heterocycles. The Bertz CT molecular complexity index is 1260. The maximum Gasteiger partial charge on any atom is 0.429 e. The Hall–Kier alpha value is -3.16. The minimum atomic E-state index is -4.48. The van der Waals surface area contributed by atoms with Crippen LogP contribution < -0.4 is 9.47 Å². The number of hydrogen-bond acceptors (Lipinski definition) is 2. The molecule has 0 amide bonds. The first-order valence-electron chi connectivity index (χ1n) is 12.9. The summed E-state index contributed by atoms with van der Waals surface area (Å²) in [7, 11) is 0. The lowest BCUT2D eigenvalue weighted by atomic mass is 9.89. The first-order valence-corrected chi connectivity index (χ1v) is 12.9. The second-order valence-corrected chi connectivity index (χ2v) is 9.63. The van der Waals surface area contributed by atoms with Crippen molar-refractivity contribution in [2.45, 2.75) is 64.4 Å². The average molecular weight is 537 g/mol. The Kier molecular flexibility index (Phi) is 8.58. The van der Waals surface area contributed by atoms with Gasteiger partial charge in [-0.25, -0.2) is 8.78 Å². The minimum absolute atomic E-state index is 0.0201. The summed E-state index contributed by atoms with van der Waals surface area (Å²) in [4.78, 5) is 0. The van der Waals surface area contributed by atoms with Crippen LogP contribution in [0.3, 0.4) is 0 Å². The molecule has 0 bridgehead atoms. The predicted octanol–water partition coefficient (Wildman–Crippen LogP) is 9.51. The number of rotatable bonds is 8. The first-order chi connectivity index (χ1) is 18.2. The van der Waals surface area contributed by atoms with Crippen LogP contribution in [0, 0.1) is 29.2 Å². The minimum Gasteiger partial charge on any atom is -0.491 e. The van der Waals surface area contributed by atoms with E-state index in [1.54, 1.807) is 12.1 Å². The summed E-state index contributed by atoms with van der Waals surface area (Å²) in [6, 6.07) is 10.4. The Morgan fingerprint density at radius 3 is 2.11 bits per heavy atom. The highest BCUT2D eigenvalue weighted by Gasteiger charge is 2.40. The van der Waals surface area contributed by atoms with Crippen molar-refractivity contribution in [2.75, 3.05) is 6.61 Å². The third-order valence-corrected chi connectivity index (χ3v) is 7.30. The van der Waals surface area contributed by atoms with Gasteiger partial charge < -0.3 is 9.47 Å². The van der Waals surface area contributed by atoms with E-state index in [4.69, 9.17) is 4.74 Å². The van der Waals surface area contributed by atoms with Gasteiger partial charge in [0.2, 0.25) is 11.6 Å². The highest BCUT2D eigenvalue weighted by Crippen LogP contribution is 2.40. The average Bonchev–Trinajstić information content (AvgIpc) is 3.16. The summed E-state index contributed by atoms with van der Waals surface area (Å²) in [6.07, 6.45) is 2.36. The monoisotopic (exact) mass is 536 g/mol. The molecular weight excluding hydrogens is 506 g/mol. The van der Waals surface area contributed by atoms with E-state index in [0.717, 1.165) is 55.4 Å². The van der Waals surface area contributed by atoms with E-state index in [2.05, 4.69) is 11.7 Å². The van der Waals surface area contributed by atoms with Crippen LogP contribution in [-0.4, -0.2) is 6.61 Å². The van der Waals surface area contributed by atoms with Crippen LogP contribution in [0.15, 0.2) is 48.5 Å². The summed E-state index contributed by atoms with van der Waals surface area (Å²) < 4.78 is 96.8. The molecule has 1 saturated carbocycles. The molecule has 0 radical (unpaired) electrons. The summed E-state index contributed by atoms with van der Waals surface area (Å²) >= 11 is 0. The molecule has 8 heteroatoms. The van der Waals surface area contributed by atoms with Crippen molar-refractivity contribution < 1.29 is 35.8 Å². The van der Waals surface area contributed by atoms with Crippen molar-refractivity contribution in [3.8, 4) is 22.6 Å².